The van der Waals surface area contributed by atoms with Crippen LogP contribution in [-0.2, 0) is 11.8 Å². The van der Waals surface area contributed by atoms with Crippen molar-refractivity contribution in [2.75, 3.05) is 118 Å². The zero-order valence-corrected chi connectivity index (χ0v) is 37.4. The lowest BCUT2D eigenvalue weighted by molar-refractivity contribution is 0.383. The number of rotatable bonds is 12. The molecule has 0 aliphatic carbocycles. The van der Waals surface area contributed by atoms with Crippen molar-refractivity contribution in [3.8, 4) is 0 Å². The highest BCUT2D eigenvalue weighted by molar-refractivity contribution is 8.16. The molecule has 9 rings (SSSR count). The first-order valence-electron chi connectivity index (χ1n) is 22.4. The molecule has 0 aromatic rings. The summed E-state index contributed by atoms with van der Waals surface area (Å²) in [5.41, 5.74) is 0. The number of hydrogen-bond acceptors (Lipinski definition) is 1. The van der Waals surface area contributed by atoms with E-state index in [1.54, 1.807) is 0 Å². The summed E-state index contributed by atoms with van der Waals surface area (Å²) in [4.78, 5) is 0. The van der Waals surface area contributed by atoms with Gasteiger partial charge in [0.25, 0.3) is 6.49 Å². The van der Waals surface area contributed by atoms with Crippen LogP contribution in [0.5, 0.6) is 0 Å². The Hall–Kier alpha value is 0.980. The SMILES string of the molecule is S=P(N=P(N1CCCC1)(N1CCCC1)N1CCCC1)(N=P(N1CCCC1)(N1CCCC1)N1CCCC1)N=P(N1CCCC1)(N1CCCC1)N1CCCC1. The summed E-state index contributed by atoms with van der Waals surface area (Å²) in [6, 6.07) is 0. The first-order chi connectivity index (χ1) is 26.1. The van der Waals surface area contributed by atoms with E-state index in [0.29, 0.717) is 0 Å². The monoisotopic (exact) mass is 828 g/mol. The zero-order chi connectivity index (χ0) is 35.8. The second-order valence-corrected chi connectivity index (χ2v) is 30.3. The minimum atomic E-state index is -3.07. The lowest BCUT2D eigenvalue weighted by Gasteiger charge is -2.49. The second kappa shape index (κ2) is 17.3. The molecule has 0 aromatic carbocycles. The Kier molecular flexibility index (Phi) is 12.9. The Morgan fingerprint density at radius 2 is 0.340 bits per heavy atom. The molecular formula is C36H72N12P4S. The lowest BCUT2D eigenvalue weighted by Crippen LogP contribution is -2.39. The second-order valence-electron chi connectivity index (χ2n) is 17.3. The maximum absolute atomic E-state index is 7.62. The van der Waals surface area contributed by atoms with Gasteiger partial charge in [-0.1, -0.05) is 0 Å². The van der Waals surface area contributed by atoms with Gasteiger partial charge in [0.15, 0.2) is 22.5 Å². The first-order valence-corrected chi connectivity index (χ1v) is 29.8. The van der Waals surface area contributed by atoms with Gasteiger partial charge in [-0.2, -0.15) is 13.5 Å². The van der Waals surface area contributed by atoms with E-state index in [1.807, 2.05) is 0 Å². The summed E-state index contributed by atoms with van der Waals surface area (Å²) in [5, 5.41) is 0. The van der Waals surface area contributed by atoms with Gasteiger partial charge in [0.05, 0.1) is 0 Å². The summed E-state index contributed by atoms with van der Waals surface area (Å²) in [6.45, 7) is 17.8. The van der Waals surface area contributed by atoms with Crippen molar-refractivity contribution in [2.45, 2.75) is 116 Å². The topological polar surface area (TPSA) is 66.2 Å². The van der Waals surface area contributed by atoms with Crippen LogP contribution in [0.15, 0.2) is 13.5 Å². The molecule has 0 aromatic heterocycles. The van der Waals surface area contributed by atoms with E-state index in [-0.39, 0.29) is 0 Å². The third-order valence-electron chi connectivity index (χ3n) is 13.9. The highest BCUT2D eigenvalue weighted by atomic mass is 32.4. The van der Waals surface area contributed by atoms with Crippen molar-refractivity contribution < 1.29 is 0 Å². The molecule has 0 spiro atoms. The van der Waals surface area contributed by atoms with E-state index in [1.165, 1.54) is 116 Å². The van der Waals surface area contributed by atoms with E-state index in [0.717, 1.165) is 118 Å². The van der Waals surface area contributed by atoms with Gasteiger partial charge in [-0.25, -0.2) is 42.0 Å². The molecule has 0 atom stereocenters. The van der Waals surface area contributed by atoms with E-state index < -0.39 is 29.0 Å². The van der Waals surface area contributed by atoms with Crippen LogP contribution in [0.4, 0.5) is 0 Å². The van der Waals surface area contributed by atoms with Crippen LogP contribution in [0, 0.1) is 0 Å². The molecule has 0 amide bonds. The van der Waals surface area contributed by atoms with E-state index >= 15 is 0 Å². The van der Waals surface area contributed by atoms with Crippen molar-refractivity contribution in [3.63, 3.8) is 0 Å². The summed E-state index contributed by atoms with van der Waals surface area (Å²) in [6.07, 6.45) is 23.2. The first kappa shape index (κ1) is 39.4. The van der Waals surface area contributed by atoms with Crippen molar-refractivity contribution >= 4 is 40.8 Å². The Labute approximate surface area is 328 Å². The zero-order valence-electron chi connectivity index (χ0n) is 33.0. The largest absolute Gasteiger partial charge is 0.281 e. The average Bonchev–Trinajstić information content (AvgIpc) is 4.02. The summed E-state index contributed by atoms with van der Waals surface area (Å²) < 4.78 is 46.2. The molecule has 9 heterocycles. The van der Waals surface area contributed by atoms with Gasteiger partial charge in [-0.3, -0.25) is 0 Å². The maximum atomic E-state index is 7.62. The van der Waals surface area contributed by atoms with E-state index in [4.69, 9.17) is 25.4 Å². The normalized spacial score (nSPS) is 29.6. The molecule has 302 valence electrons. The Morgan fingerprint density at radius 1 is 0.226 bits per heavy atom. The molecular weight excluding hydrogens is 756 g/mol. The molecule has 9 fully saturated rings. The van der Waals surface area contributed by atoms with Crippen molar-refractivity contribution in [1.29, 1.82) is 0 Å². The molecule has 9 saturated heterocycles. The molecule has 0 saturated carbocycles. The number of nitrogens with zero attached hydrogens (tertiary/aromatic N) is 12. The van der Waals surface area contributed by atoms with Crippen molar-refractivity contribution in [3.05, 3.63) is 0 Å². The fourth-order valence-electron chi connectivity index (χ4n) is 11.4. The predicted molar refractivity (Wildman–Crippen MR) is 230 cm³/mol. The molecule has 12 nitrogen and oxygen atoms in total. The standard InChI is InChI=1S/C36H72N12P4S/c53-49(37-50(40-19-1-2-20-40,41-21-3-4-22-41)42-23-5-6-24-42,38-51(43-25-7-8-26-43,44-27-9-10-28-44)45-29-11-12-30-45)39-52(46-31-13-14-32-46,47-33-15-16-34-47)48-35-17-18-36-48/h1-36H2. The highest BCUT2D eigenvalue weighted by Gasteiger charge is 2.51. The quantitative estimate of drug-likeness (QED) is 0.178. The van der Waals surface area contributed by atoms with E-state index in [2.05, 4.69) is 42.0 Å². The summed E-state index contributed by atoms with van der Waals surface area (Å²) >= 11 is 7.62. The summed E-state index contributed by atoms with van der Waals surface area (Å²) in [7, 11) is -6.94. The van der Waals surface area contributed by atoms with Crippen molar-refractivity contribution in [1.82, 2.24) is 42.0 Å². The van der Waals surface area contributed by atoms with Gasteiger partial charge in [-0.05, 0) is 127 Å². The third kappa shape index (κ3) is 7.45. The van der Waals surface area contributed by atoms with Crippen LogP contribution < -0.4 is 0 Å². The van der Waals surface area contributed by atoms with Crippen LogP contribution in [0.1, 0.15) is 116 Å². The molecule has 53 heavy (non-hydrogen) atoms. The average molecular weight is 829 g/mol. The van der Waals surface area contributed by atoms with Gasteiger partial charge in [0.2, 0.25) is 0 Å². The van der Waals surface area contributed by atoms with Crippen LogP contribution in [0.3, 0.4) is 0 Å². The van der Waals surface area contributed by atoms with Crippen molar-refractivity contribution in [2.24, 2.45) is 13.5 Å². The third-order valence-corrected chi connectivity index (χ3v) is 31.9. The van der Waals surface area contributed by atoms with Gasteiger partial charge < -0.3 is 0 Å². The van der Waals surface area contributed by atoms with Crippen LogP contribution >= 0.6 is 29.0 Å². The lowest BCUT2D eigenvalue weighted by atomic mass is 10.4. The predicted octanol–water partition coefficient (Wildman–Crippen LogP) is 8.91. The summed E-state index contributed by atoms with van der Waals surface area (Å²) in [5.74, 6) is 0. The number of hydrogen-bond donors (Lipinski definition) is 0. The molecule has 0 unspecified atom stereocenters. The fourth-order valence-corrected chi connectivity index (χ4v) is 33.8. The minimum absolute atomic E-state index is 1.16. The molecule has 0 N–H and O–H groups in total. The molecule has 0 bridgehead atoms. The molecule has 17 heteroatoms. The maximum Gasteiger partial charge on any atom is 0.281 e. The molecule has 9 aliphatic rings. The Balaban J connectivity index is 1.38. The smallest absolute Gasteiger partial charge is 0.245 e. The van der Waals surface area contributed by atoms with Gasteiger partial charge in [-0.15, -0.1) is 0 Å². The fraction of sp³-hybridized carbons (Fsp3) is 1.00. The van der Waals surface area contributed by atoms with Gasteiger partial charge in [0.1, 0.15) is 0 Å². The highest BCUT2D eigenvalue weighted by Crippen LogP contribution is 2.80. The van der Waals surface area contributed by atoms with Gasteiger partial charge in [0, 0.05) is 118 Å². The van der Waals surface area contributed by atoms with Gasteiger partial charge >= 0.3 is 0 Å². The molecule has 9 aliphatic heterocycles. The minimum Gasteiger partial charge on any atom is -0.245 e. The van der Waals surface area contributed by atoms with E-state index in [9.17, 15) is 0 Å². The molecule has 0 radical (unpaired) electrons. The van der Waals surface area contributed by atoms with Crippen LogP contribution in [0.25, 0.3) is 0 Å². The Bertz CT molecular complexity index is 1140. The van der Waals surface area contributed by atoms with Crippen LogP contribution in [0.2, 0.25) is 0 Å². The Morgan fingerprint density at radius 3 is 0.453 bits per heavy atom. The van der Waals surface area contributed by atoms with Crippen LogP contribution in [-0.4, -0.2) is 160 Å².